The maximum Gasteiger partial charge on any atom is 0.258 e. The molecule has 1 rings (SSSR count). The topological polar surface area (TPSA) is 75.7 Å². The number of nitrogens with one attached hydrogen (secondary N) is 1. The maximum atomic E-state index is 11.9. The number of rotatable bonds is 6. The van der Waals surface area contributed by atoms with Crippen molar-refractivity contribution in [2.75, 3.05) is 20.7 Å². The van der Waals surface area contributed by atoms with Gasteiger partial charge in [0.15, 0.2) is 6.61 Å². The highest BCUT2D eigenvalue weighted by atomic mass is 35.5. The summed E-state index contributed by atoms with van der Waals surface area (Å²) in [4.78, 5) is 11.5. The minimum absolute atomic E-state index is 0.0178. The highest BCUT2D eigenvalue weighted by Crippen LogP contribution is 2.28. The van der Waals surface area contributed by atoms with Crippen LogP contribution in [0, 0.1) is 0 Å². The first-order valence-corrected chi connectivity index (χ1v) is 8.10. The molecule has 0 bridgehead atoms. The molecule has 1 aromatic carbocycles. The number of amides is 1. The van der Waals surface area contributed by atoms with Crippen molar-refractivity contribution in [3.05, 3.63) is 23.2 Å². The molecule has 0 saturated heterocycles. The fraction of sp³-hybridized carbons (Fsp3) is 0.462. The van der Waals surface area contributed by atoms with Crippen molar-refractivity contribution >= 4 is 27.5 Å². The van der Waals surface area contributed by atoms with Crippen LogP contribution in [0.4, 0.5) is 0 Å². The van der Waals surface area contributed by atoms with E-state index in [0.717, 1.165) is 4.31 Å². The molecule has 6 nitrogen and oxygen atoms in total. The molecule has 8 heteroatoms. The molecule has 1 amide bonds. The number of sulfonamides is 1. The highest BCUT2D eigenvalue weighted by molar-refractivity contribution is 7.89. The van der Waals surface area contributed by atoms with E-state index in [2.05, 4.69) is 5.32 Å². The fourth-order valence-electron chi connectivity index (χ4n) is 1.48. The third kappa shape index (κ3) is 4.87. The Bertz CT molecular complexity index is 615. The van der Waals surface area contributed by atoms with E-state index in [1.165, 1.54) is 32.3 Å². The van der Waals surface area contributed by atoms with Crippen molar-refractivity contribution in [3.8, 4) is 5.75 Å². The predicted octanol–water partition coefficient (Wildman–Crippen LogP) is 1.49. The van der Waals surface area contributed by atoms with Gasteiger partial charge in [-0.05, 0) is 32.0 Å². The van der Waals surface area contributed by atoms with Crippen molar-refractivity contribution in [3.63, 3.8) is 0 Å². The molecule has 1 aromatic rings. The van der Waals surface area contributed by atoms with Crippen molar-refractivity contribution in [2.45, 2.75) is 24.8 Å². The van der Waals surface area contributed by atoms with Crippen LogP contribution in [-0.2, 0) is 14.8 Å². The predicted molar refractivity (Wildman–Crippen MR) is 81.1 cm³/mol. The van der Waals surface area contributed by atoms with Crippen molar-refractivity contribution in [1.29, 1.82) is 0 Å². The summed E-state index contributed by atoms with van der Waals surface area (Å²) in [6, 6.07) is 4.13. The number of ether oxygens (including phenoxy) is 1. The quantitative estimate of drug-likeness (QED) is 0.855. The Balaban J connectivity index is 2.83. The van der Waals surface area contributed by atoms with E-state index in [9.17, 15) is 13.2 Å². The summed E-state index contributed by atoms with van der Waals surface area (Å²) in [5.74, 6) is -0.0145. The molecule has 0 radical (unpaired) electrons. The Labute approximate surface area is 130 Å². The Morgan fingerprint density at radius 2 is 2.00 bits per heavy atom. The smallest absolute Gasteiger partial charge is 0.258 e. The molecule has 0 spiro atoms. The second-order valence-corrected chi connectivity index (χ2v) is 7.45. The molecule has 0 aromatic heterocycles. The highest BCUT2D eigenvalue weighted by Gasteiger charge is 2.19. The molecule has 0 aliphatic heterocycles. The second kappa shape index (κ2) is 7.11. The van der Waals surface area contributed by atoms with Crippen LogP contribution in [-0.4, -0.2) is 45.4 Å². The van der Waals surface area contributed by atoms with Crippen LogP contribution in [0.2, 0.25) is 5.02 Å². The lowest BCUT2D eigenvalue weighted by atomic mass is 10.3. The van der Waals surface area contributed by atoms with Crippen molar-refractivity contribution < 1.29 is 17.9 Å². The van der Waals surface area contributed by atoms with E-state index in [1.54, 1.807) is 0 Å². The van der Waals surface area contributed by atoms with Crippen LogP contribution >= 0.6 is 11.6 Å². The first kappa shape index (κ1) is 17.7. The van der Waals surface area contributed by atoms with E-state index in [1.807, 2.05) is 13.8 Å². The number of carbonyl (C=O) groups excluding carboxylic acids is 1. The van der Waals surface area contributed by atoms with Crippen LogP contribution in [0.3, 0.4) is 0 Å². The molecule has 0 atom stereocenters. The Hall–Kier alpha value is -1.31. The lowest BCUT2D eigenvalue weighted by Crippen LogP contribution is -2.34. The summed E-state index contributed by atoms with van der Waals surface area (Å²) in [5.41, 5.74) is 0. The van der Waals surface area contributed by atoms with Gasteiger partial charge >= 0.3 is 0 Å². The van der Waals surface area contributed by atoms with Crippen molar-refractivity contribution in [1.82, 2.24) is 9.62 Å². The third-order valence-electron chi connectivity index (χ3n) is 2.49. The zero-order valence-corrected chi connectivity index (χ0v) is 14.0. The summed E-state index contributed by atoms with van der Waals surface area (Å²) in [7, 11) is -0.680. The zero-order valence-electron chi connectivity index (χ0n) is 12.4. The monoisotopic (exact) mass is 334 g/mol. The van der Waals surface area contributed by atoms with Gasteiger partial charge in [-0.15, -0.1) is 0 Å². The van der Waals surface area contributed by atoms with E-state index in [0.29, 0.717) is 0 Å². The Kier molecular flexibility index (Phi) is 6.00. The molecule has 0 heterocycles. The van der Waals surface area contributed by atoms with Gasteiger partial charge in [0, 0.05) is 20.1 Å². The summed E-state index contributed by atoms with van der Waals surface area (Å²) in [6.45, 7) is 3.50. The summed E-state index contributed by atoms with van der Waals surface area (Å²) in [5, 5.41) is 2.81. The molecule has 0 unspecified atom stereocenters. The molecule has 0 fully saturated rings. The Morgan fingerprint density at radius 3 is 2.48 bits per heavy atom. The van der Waals surface area contributed by atoms with E-state index < -0.39 is 10.0 Å². The van der Waals surface area contributed by atoms with E-state index >= 15 is 0 Å². The molecule has 118 valence electrons. The summed E-state index contributed by atoms with van der Waals surface area (Å²) < 4.78 is 30.3. The molecule has 21 heavy (non-hydrogen) atoms. The number of halogens is 1. The van der Waals surface area contributed by atoms with Gasteiger partial charge < -0.3 is 10.1 Å². The molecule has 0 aliphatic carbocycles. The largest absolute Gasteiger partial charge is 0.482 e. The van der Waals surface area contributed by atoms with Crippen LogP contribution in [0.5, 0.6) is 5.75 Å². The van der Waals surface area contributed by atoms with Crippen LogP contribution in [0.25, 0.3) is 0 Å². The van der Waals surface area contributed by atoms with Crippen LogP contribution in [0.1, 0.15) is 13.8 Å². The molecular formula is C13H19ClN2O4S. The third-order valence-corrected chi connectivity index (χ3v) is 4.60. The lowest BCUT2D eigenvalue weighted by molar-refractivity contribution is -0.123. The fourth-order valence-corrected chi connectivity index (χ4v) is 2.71. The van der Waals surface area contributed by atoms with Gasteiger partial charge in [0.1, 0.15) is 5.75 Å². The normalized spacial score (nSPS) is 11.8. The molecule has 1 N–H and O–H groups in total. The minimum Gasteiger partial charge on any atom is -0.482 e. The first-order valence-electron chi connectivity index (χ1n) is 6.29. The molecule has 0 aliphatic rings. The summed E-state index contributed by atoms with van der Waals surface area (Å²) >= 11 is 5.99. The number of hydrogen-bond donors (Lipinski definition) is 1. The second-order valence-electron chi connectivity index (χ2n) is 4.89. The van der Waals surface area contributed by atoms with Crippen LogP contribution in [0.15, 0.2) is 23.1 Å². The van der Waals surface area contributed by atoms with Gasteiger partial charge in [-0.1, -0.05) is 11.6 Å². The SMILES string of the molecule is CC(C)NC(=O)COc1ccc(S(=O)(=O)N(C)C)cc1Cl. The number of hydrogen-bond acceptors (Lipinski definition) is 4. The maximum absolute atomic E-state index is 11.9. The number of benzene rings is 1. The van der Waals surface area contributed by atoms with E-state index in [4.69, 9.17) is 16.3 Å². The average molecular weight is 335 g/mol. The Morgan fingerprint density at radius 1 is 1.38 bits per heavy atom. The zero-order chi connectivity index (χ0) is 16.2. The summed E-state index contributed by atoms with van der Waals surface area (Å²) in [6.07, 6.45) is 0. The van der Waals surface area contributed by atoms with Gasteiger partial charge in [0.2, 0.25) is 10.0 Å². The van der Waals surface area contributed by atoms with Gasteiger partial charge in [-0.25, -0.2) is 12.7 Å². The number of nitrogens with zero attached hydrogens (tertiary/aromatic N) is 1. The van der Waals surface area contributed by atoms with Gasteiger partial charge in [0.25, 0.3) is 5.91 Å². The van der Waals surface area contributed by atoms with Gasteiger partial charge in [-0.3, -0.25) is 4.79 Å². The van der Waals surface area contributed by atoms with Crippen molar-refractivity contribution in [2.24, 2.45) is 0 Å². The standard InChI is InChI=1S/C13H19ClN2O4S/c1-9(2)15-13(17)8-20-12-6-5-10(7-11(12)14)21(18,19)16(3)4/h5-7,9H,8H2,1-4H3,(H,15,17). The van der Waals surface area contributed by atoms with E-state index in [-0.39, 0.29) is 34.2 Å². The number of carbonyl (C=O) groups is 1. The van der Waals surface area contributed by atoms with Crippen LogP contribution < -0.4 is 10.1 Å². The average Bonchev–Trinajstić information content (AvgIpc) is 2.36. The molecular weight excluding hydrogens is 316 g/mol. The minimum atomic E-state index is -3.55. The molecule has 0 saturated carbocycles. The lowest BCUT2D eigenvalue weighted by Gasteiger charge is -2.14. The van der Waals surface area contributed by atoms with Gasteiger partial charge in [-0.2, -0.15) is 0 Å². The first-order chi connectivity index (χ1) is 9.64. The van der Waals surface area contributed by atoms with Gasteiger partial charge in [0.05, 0.1) is 9.92 Å².